The Morgan fingerprint density at radius 2 is 1.27 bits per heavy atom. The quantitative estimate of drug-likeness (QED) is 0.0979. The van der Waals surface area contributed by atoms with Gasteiger partial charge in [-0.3, -0.25) is 4.79 Å². The normalized spacial score (nSPS) is 40.7. The molecule has 0 amide bonds. The molecule has 49 heavy (non-hydrogen) atoms. The molecule has 0 saturated heterocycles. The fourth-order valence-electron chi connectivity index (χ4n) is 13.6. The van der Waals surface area contributed by atoms with Crippen LogP contribution in [0.4, 0.5) is 0 Å². The highest BCUT2D eigenvalue weighted by atomic mass is 16.5. The first-order valence-corrected chi connectivity index (χ1v) is 22.0. The number of fused-ring (bicyclic) bond motifs is 7. The zero-order valence-electron chi connectivity index (χ0n) is 34.5. The summed E-state index contributed by atoms with van der Waals surface area (Å²) in [6.45, 7) is 25.7. The summed E-state index contributed by atoms with van der Waals surface area (Å²) < 4.78 is 6.43. The third-order valence-corrected chi connectivity index (χ3v) is 17.6. The molecule has 0 heterocycles. The van der Waals surface area contributed by atoms with Crippen molar-refractivity contribution in [2.75, 3.05) is 0 Å². The van der Waals surface area contributed by atoms with Crippen LogP contribution in [0.5, 0.6) is 0 Å². The highest BCUT2D eigenvalue weighted by Crippen LogP contribution is 2.76. The van der Waals surface area contributed by atoms with E-state index in [-0.39, 0.29) is 17.5 Å². The molecule has 2 heteroatoms. The van der Waals surface area contributed by atoms with E-state index >= 15 is 0 Å². The first-order valence-electron chi connectivity index (χ1n) is 22.0. The van der Waals surface area contributed by atoms with Crippen molar-refractivity contribution in [2.24, 2.45) is 56.2 Å². The van der Waals surface area contributed by atoms with Crippen LogP contribution >= 0.6 is 0 Å². The molecule has 0 spiro atoms. The van der Waals surface area contributed by atoms with Crippen LogP contribution in [-0.2, 0) is 9.53 Å². The Morgan fingerprint density at radius 1 is 0.694 bits per heavy atom. The smallest absolute Gasteiger partial charge is 0.306 e. The molecule has 5 aliphatic carbocycles. The first kappa shape index (κ1) is 39.4. The molecule has 5 aliphatic rings. The highest BCUT2D eigenvalue weighted by molar-refractivity contribution is 5.69. The third kappa shape index (κ3) is 7.40. The topological polar surface area (TPSA) is 26.3 Å². The molecular weight excluding hydrogens is 597 g/mol. The minimum atomic E-state index is 0.0257. The SMILES string of the molecule is CCCCCCCCCCCCCCCC(=O)O[C@H]1CC[C@]2(C)[C@H]3CC=C4[C@@H]5[C@@H](C)C(C)(C)CC[C@]5(C)CC[C@@]4(C)[C@]3(C)CC[C@H]2C1(C)C. The molecule has 0 N–H and O–H groups in total. The summed E-state index contributed by atoms with van der Waals surface area (Å²) in [5.74, 6) is 2.87. The fraction of sp³-hybridized carbons (Fsp3) is 0.936. The Labute approximate surface area is 305 Å². The maximum atomic E-state index is 13.2. The average Bonchev–Trinajstić information content (AvgIpc) is 3.04. The summed E-state index contributed by atoms with van der Waals surface area (Å²) in [5.41, 5.74) is 3.75. The molecule has 4 saturated carbocycles. The number of unbranched alkanes of at least 4 members (excludes halogenated alkanes) is 12. The van der Waals surface area contributed by atoms with Gasteiger partial charge in [0, 0.05) is 11.8 Å². The minimum Gasteiger partial charge on any atom is -0.462 e. The lowest BCUT2D eigenvalue weighted by Gasteiger charge is -2.72. The molecular formula is C47H82O2. The van der Waals surface area contributed by atoms with Gasteiger partial charge in [0.15, 0.2) is 0 Å². The summed E-state index contributed by atoms with van der Waals surface area (Å²) in [4.78, 5) is 13.2. The lowest BCUT2D eigenvalue weighted by atomic mass is 9.33. The van der Waals surface area contributed by atoms with Gasteiger partial charge in [-0.05, 0) is 115 Å². The largest absolute Gasteiger partial charge is 0.462 e. The van der Waals surface area contributed by atoms with Gasteiger partial charge < -0.3 is 4.74 Å². The van der Waals surface area contributed by atoms with Gasteiger partial charge in [0.25, 0.3) is 0 Å². The van der Waals surface area contributed by atoms with Crippen LogP contribution in [0.2, 0.25) is 0 Å². The number of hydrogen-bond acceptors (Lipinski definition) is 2. The molecule has 0 aromatic heterocycles. The third-order valence-electron chi connectivity index (χ3n) is 17.6. The number of allylic oxidation sites excluding steroid dienone is 2. The van der Waals surface area contributed by atoms with E-state index in [1.165, 1.54) is 128 Å². The maximum absolute atomic E-state index is 13.2. The van der Waals surface area contributed by atoms with Crippen molar-refractivity contribution in [3.05, 3.63) is 11.6 Å². The molecule has 5 rings (SSSR count). The van der Waals surface area contributed by atoms with Crippen molar-refractivity contribution in [3.8, 4) is 0 Å². The molecule has 0 aromatic rings. The van der Waals surface area contributed by atoms with Gasteiger partial charge in [-0.2, -0.15) is 0 Å². The molecule has 4 fully saturated rings. The predicted octanol–water partition coefficient (Wildman–Crippen LogP) is 14.4. The lowest BCUT2D eigenvalue weighted by molar-refractivity contribution is -0.214. The zero-order chi connectivity index (χ0) is 35.7. The Balaban J connectivity index is 1.14. The maximum Gasteiger partial charge on any atom is 0.306 e. The second-order valence-corrected chi connectivity index (χ2v) is 21.0. The van der Waals surface area contributed by atoms with E-state index in [1.54, 1.807) is 0 Å². The van der Waals surface area contributed by atoms with Crippen LogP contribution in [0.15, 0.2) is 11.6 Å². The van der Waals surface area contributed by atoms with Crippen molar-refractivity contribution in [2.45, 2.75) is 223 Å². The monoisotopic (exact) mass is 679 g/mol. The fourth-order valence-corrected chi connectivity index (χ4v) is 13.6. The van der Waals surface area contributed by atoms with Crippen molar-refractivity contribution >= 4 is 5.97 Å². The second-order valence-electron chi connectivity index (χ2n) is 21.0. The molecule has 9 atom stereocenters. The van der Waals surface area contributed by atoms with Gasteiger partial charge in [0.1, 0.15) is 6.10 Å². The Kier molecular flexibility index (Phi) is 12.3. The van der Waals surface area contributed by atoms with Crippen LogP contribution in [0.1, 0.15) is 217 Å². The van der Waals surface area contributed by atoms with Crippen molar-refractivity contribution in [3.63, 3.8) is 0 Å². The number of ether oxygens (including phenoxy) is 1. The Bertz CT molecular complexity index is 1150. The number of carbonyl (C=O) groups excluding carboxylic acids is 1. The van der Waals surface area contributed by atoms with E-state index in [0.717, 1.165) is 24.7 Å². The van der Waals surface area contributed by atoms with Gasteiger partial charge >= 0.3 is 5.97 Å². The van der Waals surface area contributed by atoms with Crippen LogP contribution < -0.4 is 0 Å². The van der Waals surface area contributed by atoms with Gasteiger partial charge in [-0.1, -0.05) is 158 Å². The molecule has 2 nitrogen and oxygen atoms in total. The number of hydrogen-bond donors (Lipinski definition) is 0. The lowest BCUT2D eigenvalue weighted by Crippen LogP contribution is -2.65. The number of carbonyl (C=O) groups is 1. The van der Waals surface area contributed by atoms with Gasteiger partial charge in [-0.25, -0.2) is 0 Å². The summed E-state index contributed by atoms with van der Waals surface area (Å²) in [7, 11) is 0. The summed E-state index contributed by atoms with van der Waals surface area (Å²) in [6.07, 6.45) is 32.5. The first-order chi connectivity index (χ1) is 23.1. The summed E-state index contributed by atoms with van der Waals surface area (Å²) in [6, 6.07) is 0. The predicted molar refractivity (Wildman–Crippen MR) is 209 cm³/mol. The summed E-state index contributed by atoms with van der Waals surface area (Å²) >= 11 is 0. The molecule has 0 radical (unpaired) electrons. The summed E-state index contributed by atoms with van der Waals surface area (Å²) in [5, 5.41) is 0. The molecule has 0 bridgehead atoms. The number of esters is 1. The van der Waals surface area contributed by atoms with E-state index < -0.39 is 0 Å². The van der Waals surface area contributed by atoms with Crippen molar-refractivity contribution < 1.29 is 9.53 Å². The van der Waals surface area contributed by atoms with E-state index in [1.807, 2.05) is 5.57 Å². The van der Waals surface area contributed by atoms with E-state index in [2.05, 4.69) is 75.3 Å². The average molecular weight is 679 g/mol. The highest BCUT2D eigenvalue weighted by Gasteiger charge is 2.68. The van der Waals surface area contributed by atoms with Gasteiger partial charge in [-0.15, -0.1) is 0 Å². The zero-order valence-corrected chi connectivity index (χ0v) is 34.5. The van der Waals surface area contributed by atoms with Crippen LogP contribution in [0.25, 0.3) is 0 Å². The van der Waals surface area contributed by atoms with Crippen LogP contribution in [0.3, 0.4) is 0 Å². The molecule has 282 valence electrons. The number of rotatable bonds is 15. The molecule has 0 aliphatic heterocycles. The molecule has 0 unspecified atom stereocenters. The Hall–Kier alpha value is -0.790. The van der Waals surface area contributed by atoms with Crippen molar-refractivity contribution in [1.82, 2.24) is 0 Å². The van der Waals surface area contributed by atoms with E-state index in [4.69, 9.17) is 4.74 Å². The van der Waals surface area contributed by atoms with E-state index in [9.17, 15) is 4.79 Å². The second kappa shape index (κ2) is 15.3. The van der Waals surface area contributed by atoms with E-state index in [0.29, 0.717) is 45.3 Å². The van der Waals surface area contributed by atoms with Gasteiger partial charge in [0.05, 0.1) is 0 Å². The van der Waals surface area contributed by atoms with Gasteiger partial charge in [0.2, 0.25) is 0 Å². The van der Waals surface area contributed by atoms with Crippen LogP contribution in [-0.4, -0.2) is 12.1 Å². The molecule has 0 aromatic carbocycles. The van der Waals surface area contributed by atoms with Crippen molar-refractivity contribution in [1.29, 1.82) is 0 Å². The Morgan fingerprint density at radius 3 is 1.88 bits per heavy atom. The minimum absolute atomic E-state index is 0.0257. The standard InChI is InChI=1S/C47H82O2/c1-11-12-13-14-15-16-17-18-19-20-21-22-23-24-40(48)49-39-28-29-45(8)37(43(39,5)6)27-30-47(10)38(45)26-25-36-41-35(2)42(3,4)31-32-44(41,7)33-34-46(36,47)9/h25,35,37-39,41H,11-24,26-34H2,1-10H3/t35-,37+,38-,39+,41+,44-,45+,46-,47-/m1/s1. The van der Waals surface area contributed by atoms with Crippen LogP contribution in [0, 0.1) is 56.2 Å².